The fourth-order valence-electron chi connectivity index (χ4n) is 6.28. The summed E-state index contributed by atoms with van der Waals surface area (Å²) < 4.78 is 5.69. The van der Waals surface area contributed by atoms with Crippen molar-refractivity contribution in [3.63, 3.8) is 0 Å². The van der Waals surface area contributed by atoms with Gasteiger partial charge in [0.25, 0.3) is 0 Å². The number of likely N-dealkylation sites (N-methyl/N-ethyl adjacent to an activating group) is 1. The van der Waals surface area contributed by atoms with Crippen LogP contribution in [0.1, 0.15) is 107 Å². The van der Waals surface area contributed by atoms with Crippen LogP contribution in [0.15, 0.2) is 0 Å². The zero-order chi connectivity index (χ0) is 25.4. The van der Waals surface area contributed by atoms with Gasteiger partial charge in [0.1, 0.15) is 0 Å². The minimum Gasteiger partial charge on any atom is -0.412 e. The van der Waals surface area contributed by atoms with E-state index in [0.717, 1.165) is 18.6 Å². The van der Waals surface area contributed by atoms with E-state index in [1.807, 2.05) is 0 Å². The standard InChI is InChI=1S/C19H37ClN2.C10H21NO.CH4.4H2O/c1-14(2)18(21-5)12-22-11-10-17(19(3,4)13-22)15-6-8-16(20)9-7-15;1-10(2,3)12-9-11-7-5-4-6-8-11;;;;;/h14-18,21H,6-13H2,1-5H3;4-9H2,1-3H3;1H4;4*1H2/t15?,16?,17?,18-;;;;;;/m0....../s1. The third kappa shape index (κ3) is 16.9. The van der Waals surface area contributed by atoms with Gasteiger partial charge in [0, 0.05) is 37.6 Å². The van der Waals surface area contributed by atoms with Crippen molar-refractivity contribution < 1.29 is 26.6 Å². The predicted octanol–water partition coefficient (Wildman–Crippen LogP) is 3.96. The van der Waals surface area contributed by atoms with Gasteiger partial charge in [-0.2, -0.15) is 0 Å². The van der Waals surface area contributed by atoms with Crippen molar-refractivity contribution in [3.05, 3.63) is 0 Å². The normalized spacial score (nSPS) is 26.2. The second-order valence-corrected chi connectivity index (χ2v) is 14.0. The van der Waals surface area contributed by atoms with Crippen LogP contribution in [0.4, 0.5) is 0 Å². The lowest BCUT2D eigenvalue weighted by molar-refractivity contribution is -0.0677. The highest BCUT2D eigenvalue weighted by Crippen LogP contribution is 2.45. The van der Waals surface area contributed by atoms with Crippen molar-refractivity contribution in [1.29, 1.82) is 0 Å². The molecule has 0 aromatic rings. The monoisotopic (exact) mass is 588 g/mol. The minimum absolute atomic E-state index is 0. The molecule has 8 nitrogen and oxygen atoms in total. The van der Waals surface area contributed by atoms with Crippen molar-refractivity contribution in [2.75, 3.05) is 46.5 Å². The fraction of sp³-hybridized carbons (Fsp3) is 1.00. The molecule has 3 fully saturated rings. The Hall–Kier alpha value is -0.0300. The van der Waals surface area contributed by atoms with E-state index in [9.17, 15) is 0 Å². The lowest BCUT2D eigenvalue weighted by Gasteiger charge is -2.49. The molecule has 0 radical (unpaired) electrons. The van der Waals surface area contributed by atoms with Gasteiger partial charge in [-0.05, 0) is 102 Å². The summed E-state index contributed by atoms with van der Waals surface area (Å²) in [6.45, 7) is 22.9. The number of nitrogens with one attached hydrogen (secondary N) is 1. The molecule has 1 aliphatic carbocycles. The van der Waals surface area contributed by atoms with Crippen LogP contribution in [-0.4, -0.2) is 95.2 Å². The van der Waals surface area contributed by atoms with Crippen molar-refractivity contribution in [2.45, 2.75) is 124 Å². The summed E-state index contributed by atoms with van der Waals surface area (Å²) in [5.41, 5.74) is 0.453. The molecule has 1 unspecified atom stereocenters. The Kier molecular flexibility index (Phi) is 25.5. The number of nitrogens with zero attached hydrogens (tertiary/aromatic N) is 2. The molecule has 2 heterocycles. The molecule has 39 heavy (non-hydrogen) atoms. The first-order chi connectivity index (χ1) is 15.9. The van der Waals surface area contributed by atoms with E-state index < -0.39 is 0 Å². The smallest absolute Gasteiger partial charge is 0.0997 e. The number of rotatable bonds is 7. The zero-order valence-corrected chi connectivity index (χ0v) is 26.7. The van der Waals surface area contributed by atoms with E-state index in [-0.39, 0.29) is 34.9 Å². The predicted molar refractivity (Wildman–Crippen MR) is 170 cm³/mol. The summed E-state index contributed by atoms with van der Waals surface area (Å²) in [4.78, 5) is 5.10. The van der Waals surface area contributed by atoms with Crippen LogP contribution in [-0.2, 0) is 4.74 Å². The van der Waals surface area contributed by atoms with Gasteiger partial charge in [-0.15, -0.1) is 11.6 Å². The van der Waals surface area contributed by atoms with Gasteiger partial charge in [0.2, 0.25) is 0 Å². The number of piperidine rings is 2. The van der Waals surface area contributed by atoms with E-state index in [1.165, 1.54) is 84.1 Å². The van der Waals surface area contributed by atoms with E-state index in [1.54, 1.807) is 0 Å². The zero-order valence-electron chi connectivity index (χ0n) is 26.0. The fourth-order valence-corrected chi connectivity index (χ4v) is 6.53. The Morgan fingerprint density at radius 2 is 1.41 bits per heavy atom. The molecule has 2 saturated heterocycles. The highest BCUT2D eigenvalue weighted by Gasteiger charge is 2.41. The Bertz CT molecular complexity index is 563. The summed E-state index contributed by atoms with van der Waals surface area (Å²) in [7, 11) is 2.10. The summed E-state index contributed by atoms with van der Waals surface area (Å²) in [5.74, 6) is 2.50. The Labute approximate surface area is 247 Å². The molecule has 9 N–H and O–H groups in total. The van der Waals surface area contributed by atoms with Gasteiger partial charge < -0.3 is 36.9 Å². The molecular formula is C30H70ClN3O5. The maximum absolute atomic E-state index is 6.30. The molecule has 0 bridgehead atoms. The molecule has 1 saturated carbocycles. The molecule has 3 rings (SSSR count). The van der Waals surface area contributed by atoms with Gasteiger partial charge in [0.05, 0.1) is 12.3 Å². The molecule has 9 heteroatoms. The topological polar surface area (TPSA) is 154 Å². The van der Waals surface area contributed by atoms with E-state index >= 15 is 0 Å². The third-order valence-corrected chi connectivity index (χ3v) is 8.86. The first kappa shape index (κ1) is 45.9. The minimum atomic E-state index is 0. The second-order valence-electron chi connectivity index (χ2n) is 13.3. The average molecular weight is 588 g/mol. The van der Waals surface area contributed by atoms with Crippen LogP contribution >= 0.6 is 11.6 Å². The van der Waals surface area contributed by atoms with Crippen molar-refractivity contribution in [2.24, 2.45) is 23.2 Å². The van der Waals surface area contributed by atoms with Crippen molar-refractivity contribution in [3.8, 4) is 0 Å². The first-order valence-corrected chi connectivity index (χ1v) is 14.7. The van der Waals surface area contributed by atoms with Crippen LogP contribution in [0, 0.1) is 23.2 Å². The molecule has 0 aromatic heterocycles. The van der Waals surface area contributed by atoms with Crippen molar-refractivity contribution >= 4 is 11.6 Å². The van der Waals surface area contributed by atoms with Crippen LogP contribution in [0.5, 0.6) is 0 Å². The lowest BCUT2D eigenvalue weighted by atomic mass is 9.64. The molecular weight excluding hydrogens is 518 g/mol. The number of hydrogen-bond donors (Lipinski definition) is 1. The number of hydrogen-bond acceptors (Lipinski definition) is 4. The van der Waals surface area contributed by atoms with Crippen LogP contribution in [0.25, 0.3) is 0 Å². The Morgan fingerprint density at radius 1 is 0.872 bits per heavy atom. The van der Waals surface area contributed by atoms with Crippen LogP contribution in [0.3, 0.4) is 0 Å². The summed E-state index contributed by atoms with van der Waals surface area (Å²) in [5, 5.41) is 3.95. The molecule has 2 aliphatic heterocycles. The van der Waals surface area contributed by atoms with E-state index in [2.05, 4.69) is 70.6 Å². The Morgan fingerprint density at radius 3 is 1.85 bits per heavy atom. The van der Waals surface area contributed by atoms with E-state index in [4.69, 9.17) is 16.3 Å². The number of halogens is 1. The summed E-state index contributed by atoms with van der Waals surface area (Å²) >= 11 is 6.30. The lowest BCUT2D eigenvalue weighted by Crippen LogP contribution is -2.52. The van der Waals surface area contributed by atoms with Crippen LogP contribution in [0.2, 0.25) is 0 Å². The third-order valence-electron chi connectivity index (χ3n) is 8.42. The first-order valence-electron chi connectivity index (χ1n) is 14.3. The molecule has 3 aliphatic rings. The maximum atomic E-state index is 6.30. The number of alkyl halides is 1. The van der Waals surface area contributed by atoms with Gasteiger partial charge in [-0.3, -0.25) is 4.90 Å². The highest BCUT2D eigenvalue weighted by atomic mass is 35.5. The molecule has 0 aromatic carbocycles. The molecule has 0 amide bonds. The van der Waals surface area contributed by atoms with Gasteiger partial charge in [-0.25, -0.2) is 0 Å². The summed E-state index contributed by atoms with van der Waals surface area (Å²) in [6.07, 6.45) is 10.6. The SMILES string of the molecule is C.CC(C)(C)OCN1CCCCC1.CN[C@@H](CN1CCC(C2CCC(Cl)CC2)C(C)(C)C1)C(C)C.O.O.O.O. The van der Waals surface area contributed by atoms with Crippen molar-refractivity contribution in [1.82, 2.24) is 15.1 Å². The largest absolute Gasteiger partial charge is 0.412 e. The quantitative estimate of drug-likeness (QED) is 0.448. The average Bonchev–Trinajstić information content (AvgIpc) is 2.77. The molecule has 2 atom stereocenters. The number of ether oxygens (including phenoxy) is 1. The Balaban J connectivity index is -0.000000315. The molecule has 242 valence electrons. The number of likely N-dealkylation sites (tertiary alicyclic amines) is 2. The molecule has 0 spiro atoms. The van der Waals surface area contributed by atoms with E-state index in [0.29, 0.717) is 22.8 Å². The van der Waals surface area contributed by atoms with Crippen LogP contribution < -0.4 is 5.32 Å². The van der Waals surface area contributed by atoms with Gasteiger partial charge >= 0.3 is 0 Å². The van der Waals surface area contributed by atoms with Gasteiger partial charge in [0.15, 0.2) is 0 Å². The van der Waals surface area contributed by atoms with Gasteiger partial charge in [-0.1, -0.05) is 41.5 Å². The maximum Gasteiger partial charge on any atom is 0.0997 e. The summed E-state index contributed by atoms with van der Waals surface area (Å²) in [6, 6.07) is 0.610. The second kappa shape index (κ2) is 21.6. The highest BCUT2D eigenvalue weighted by molar-refractivity contribution is 6.20.